The lowest BCUT2D eigenvalue weighted by molar-refractivity contribution is -0.384. The van der Waals surface area contributed by atoms with Crippen molar-refractivity contribution >= 4 is 23.7 Å². The Kier molecular flexibility index (Phi) is 6.44. The third-order valence-corrected chi connectivity index (χ3v) is 3.54. The Balaban J connectivity index is 2.45. The molecule has 0 radical (unpaired) electrons. The Morgan fingerprint density at radius 1 is 0.900 bits per heavy atom. The Labute approximate surface area is 174 Å². The molecule has 0 N–H and O–H groups in total. The summed E-state index contributed by atoms with van der Waals surface area (Å²) in [6, 6.07) is 9.05. The second-order valence-corrected chi connectivity index (χ2v) is 8.50. The van der Waals surface area contributed by atoms with E-state index in [9.17, 15) is 19.7 Å². The topological polar surface area (TPSA) is 112 Å². The van der Waals surface area contributed by atoms with Crippen molar-refractivity contribution in [1.29, 1.82) is 0 Å². The van der Waals surface area contributed by atoms with Crippen LogP contribution in [0.4, 0.5) is 21.1 Å². The molecule has 0 spiro atoms. The molecule has 1 aromatic carbocycles. The van der Waals surface area contributed by atoms with Gasteiger partial charge < -0.3 is 9.47 Å². The third kappa shape index (κ3) is 6.26. The first-order chi connectivity index (χ1) is 13.8. The highest BCUT2D eigenvalue weighted by Gasteiger charge is 2.33. The molecule has 0 aliphatic heterocycles. The SMILES string of the molecule is CC(C)(C)OC(=O)N(C(=O)OC(C)(C)C)c1cc(-c2ccc([N+](=O)[O-])cc2)ccn1. The monoisotopic (exact) mass is 415 g/mol. The van der Waals surface area contributed by atoms with Crippen LogP contribution in [-0.4, -0.2) is 33.3 Å². The van der Waals surface area contributed by atoms with Crippen LogP contribution in [0.1, 0.15) is 41.5 Å². The largest absolute Gasteiger partial charge is 0.443 e. The summed E-state index contributed by atoms with van der Waals surface area (Å²) < 4.78 is 10.7. The fourth-order valence-electron chi connectivity index (χ4n) is 2.37. The number of carbonyl (C=O) groups excluding carboxylic acids is 2. The molecule has 0 atom stereocenters. The van der Waals surface area contributed by atoms with Crippen molar-refractivity contribution in [2.45, 2.75) is 52.7 Å². The van der Waals surface area contributed by atoms with E-state index in [0.29, 0.717) is 11.1 Å². The van der Waals surface area contributed by atoms with Crippen molar-refractivity contribution in [2.75, 3.05) is 4.90 Å². The molecule has 9 nitrogen and oxygen atoms in total. The number of non-ortho nitro benzene ring substituents is 1. The quantitative estimate of drug-likeness (QED) is 0.491. The standard InChI is InChI=1S/C21H25N3O6/c1-20(2,3)29-18(25)23(19(26)30-21(4,5)6)17-13-15(11-12-22-17)14-7-9-16(10-8-14)24(27)28/h7-13H,1-6H3. The lowest BCUT2D eigenvalue weighted by atomic mass is 10.1. The average molecular weight is 415 g/mol. The first kappa shape index (κ1) is 22.8. The number of hydrogen-bond acceptors (Lipinski definition) is 7. The van der Waals surface area contributed by atoms with Crippen molar-refractivity contribution in [3.8, 4) is 11.1 Å². The van der Waals surface area contributed by atoms with Gasteiger partial charge in [-0.15, -0.1) is 0 Å². The van der Waals surface area contributed by atoms with Crippen molar-refractivity contribution in [1.82, 2.24) is 4.98 Å². The molecule has 9 heteroatoms. The molecule has 160 valence electrons. The molecule has 0 aliphatic rings. The van der Waals surface area contributed by atoms with E-state index in [0.717, 1.165) is 4.90 Å². The highest BCUT2D eigenvalue weighted by molar-refractivity contribution is 6.09. The summed E-state index contributed by atoms with van der Waals surface area (Å²) in [6.45, 7) is 10.1. The van der Waals surface area contributed by atoms with Crippen LogP contribution in [0.5, 0.6) is 0 Å². The van der Waals surface area contributed by atoms with Gasteiger partial charge in [0, 0.05) is 18.3 Å². The summed E-state index contributed by atoms with van der Waals surface area (Å²) in [6.07, 6.45) is -0.427. The third-order valence-electron chi connectivity index (χ3n) is 3.54. The molecule has 0 bridgehead atoms. The number of pyridine rings is 1. The van der Waals surface area contributed by atoms with Gasteiger partial charge in [-0.05, 0) is 76.9 Å². The summed E-state index contributed by atoms with van der Waals surface area (Å²) in [5.74, 6) is 0.00866. The van der Waals surface area contributed by atoms with E-state index in [-0.39, 0.29) is 11.5 Å². The van der Waals surface area contributed by atoms with E-state index in [1.54, 1.807) is 59.7 Å². The first-order valence-corrected chi connectivity index (χ1v) is 9.24. The lowest BCUT2D eigenvalue weighted by Crippen LogP contribution is -2.44. The zero-order valence-electron chi connectivity index (χ0n) is 17.8. The Bertz CT molecular complexity index is 914. The summed E-state index contributed by atoms with van der Waals surface area (Å²) >= 11 is 0. The van der Waals surface area contributed by atoms with E-state index in [1.165, 1.54) is 24.4 Å². The Morgan fingerprint density at radius 3 is 1.83 bits per heavy atom. The average Bonchev–Trinajstić information content (AvgIpc) is 2.59. The van der Waals surface area contributed by atoms with Gasteiger partial charge in [-0.3, -0.25) is 10.1 Å². The maximum atomic E-state index is 12.7. The smallest absolute Gasteiger partial charge is 0.425 e. The van der Waals surface area contributed by atoms with Gasteiger partial charge in [-0.2, -0.15) is 4.90 Å². The molecule has 2 amide bonds. The number of nitro groups is 1. The van der Waals surface area contributed by atoms with E-state index in [4.69, 9.17) is 9.47 Å². The Hall–Kier alpha value is -3.49. The molecule has 30 heavy (non-hydrogen) atoms. The number of nitrogens with zero attached hydrogens (tertiary/aromatic N) is 3. The van der Waals surface area contributed by atoms with Crippen molar-refractivity contribution in [3.63, 3.8) is 0 Å². The van der Waals surface area contributed by atoms with Crippen LogP contribution in [0.3, 0.4) is 0 Å². The highest BCUT2D eigenvalue weighted by atomic mass is 16.6. The van der Waals surface area contributed by atoms with Crippen LogP contribution in [-0.2, 0) is 9.47 Å². The number of anilines is 1. The molecule has 0 aliphatic carbocycles. The van der Waals surface area contributed by atoms with Gasteiger partial charge in [-0.25, -0.2) is 14.6 Å². The molecular weight excluding hydrogens is 390 g/mol. The van der Waals surface area contributed by atoms with Crippen molar-refractivity contribution < 1.29 is 24.0 Å². The number of amides is 2. The number of hydrogen-bond donors (Lipinski definition) is 0. The van der Waals surface area contributed by atoms with Crippen LogP contribution in [0, 0.1) is 10.1 Å². The first-order valence-electron chi connectivity index (χ1n) is 9.24. The second kappa shape index (κ2) is 8.48. The Morgan fingerprint density at radius 2 is 1.40 bits per heavy atom. The van der Waals surface area contributed by atoms with Crippen LogP contribution in [0.15, 0.2) is 42.6 Å². The summed E-state index contributed by atoms with van der Waals surface area (Å²) in [4.78, 5) is 40.7. The summed E-state index contributed by atoms with van der Waals surface area (Å²) in [5.41, 5.74) is -0.470. The molecule has 0 unspecified atom stereocenters. The molecule has 1 aromatic heterocycles. The minimum absolute atomic E-state index is 0.00866. The molecular formula is C21H25N3O6. The zero-order valence-corrected chi connectivity index (χ0v) is 17.8. The molecule has 1 heterocycles. The molecule has 0 fully saturated rings. The van der Waals surface area contributed by atoms with Gasteiger partial charge in [0.1, 0.15) is 17.0 Å². The predicted molar refractivity (Wildman–Crippen MR) is 111 cm³/mol. The predicted octanol–water partition coefficient (Wildman–Crippen LogP) is 5.33. The normalized spacial score (nSPS) is 11.5. The number of imide groups is 1. The number of benzene rings is 1. The van der Waals surface area contributed by atoms with Crippen LogP contribution in [0.25, 0.3) is 11.1 Å². The van der Waals surface area contributed by atoms with Crippen LogP contribution < -0.4 is 4.90 Å². The highest BCUT2D eigenvalue weighted by Crippen LogP contribution is 2.27. The van der Waals surface area contributed by atoms with E-state index < -0.39 is 28.3 Å². The molecule has 2 aromatic rings. The molecule has 2 rings (SSSR count). The molecule has 0 saturated carbocycles. The van der Waals surface area contributed by atoms with Gasteiger partial charge in [0.15, 0.2) is 0 Å². The number of ether oxygens (including phenoxy) is 2. The fourth-order valence-corrected chi connectivity index (χ4v) is 2.37. The number of carbonyl (C=O) groups is 2. The summed E-state index contributed by atoms with van der Waals surface area (Å²) in [7, 11) is 0. The molecule has 0 saturated heterocycles. The number of nitro benzene ring substituents is 1. The van der Waals surface area contributed by atoms with Crippen LogP contribution in [0.2, 0.25) is 0 Å². The maximum absolute atomic E-state index is 12.7. The van der Waals surface area contributed by atoms with Crippen LogP contribution >= 0.6 is 0 Å². The minimum atomic E-state index is -0.926. The second-order valence-electron chi connectivity index (χ2n) is 8.50. The lowest BCUT2D eigenvalue weighted by Gasteiger charge is -2.28. The number of rotatable bonds is 3. The minimum Gasteiger partial charge on any atom is -0.443 e. The maximum Gasteiger partial charge on any atom is 0.425 e. The summed E-state index contributed by atoms with van der Waals surface area (Å²) in [5, 5.41) is 10.9. The fraction of sp³-hybridized carbons (Fsp3) is 0.381. The van der Waals surface area contributed by atoms with Crippen molar-refractivity contribution in [3.05, 3.63) is 52.7 Å². The zero-order chi connectivity index (χ0) is 22.7. The van der Waals surface area contributed by atoms with E-state index in [2.05, 4.69) is 4.98 Å². The van der Waals surface area contributed by atoms with Gasteiger partial charge >= 0.3 is 12.2 Å². The van der Waals surface area contributed by atoms with Gasteiger partial charge in [-0.1, -0.05) is 0 Å². The van der Waals surface area contributed by atoms with Gasteiger partial charge in [0.2, 0.25) is 0 Å². The van der Waals surface area contributed by atoms with E-state index >= 15 is 0 Å². The van der Waals surface area contributed by atoms with Gasteiger partial charge in [0.25, 0.3) is 5.69 Å². The van der Waals surface area contributed by atoms with E-state index in [1.807, 2.05) is 0 Å². The van der Waals surface area contributed by atoms with Gasteiger partial charge in [0.05, 0.1) is 4.92 Å². The number of aromatic nitrogens is 1. The van der Waals surface area contributed by atoms with Crippen molar-refractivity contribution in [2.24, 2.45) is 0 Å².